The van der Waals surface area contributed by atoms with Gasteiger partial charge >= 0.3 is 5.97 Å². The molecule has 0 amide bonds. The Morgan fingerprint density at radius 2 is 2.32 bits per heavy atom. The molecule has 2 atom stereocenters. The van der Waals surface area contributed by atoms with Gasteiger partial charge in [-0.15, -0.1) is 0 Å². The van der Waals surface area contributed by atoms with E-state index in [0.29, 0.717) is 0 Å². The quantitative estimate of drug-likeness (QED) is 0.914. The van der Waals surface area contributed by atoms with Gasteiger partial charge in [0, 0.05) is 17.1 Å². The lowest BCUT2D eigenvalue weighted by Crippen LogP contribution is -2.42. The topological polar surface area (TPSA) is 40.5 Å². The first-order valence-electron chi connectivity index (χ1n) is 6.81. The Morgan fingerprint density at radius 3 is 3.00 bits per heavy atom. The molecule has 1 fully saturated rings. The van der Waals surface area contributed by atoms with Gasteiger partial charge in [-0.3, -0.25) is 9.69 Å². The van der Waals surface area contributed by atoms with Crippen molar-refractivity contribution in [1.29, 1.82) is 0 Å². The molecule has 0 aromatic heterocycles. The van der Waals surface area contributed by atoms with Gasteiger partial charge < -0.3 is 5.11 Å². The summed E-state index contributed by atoms with van der Waals surface area (Å²) in [5.74, 6) is -0.713. The monoisotopic (exact) mass is 281 g/mol. The molecule has 1 N–H and O–H groups in total. The summed E-state index contributed by atoms with van der Waals surface area (Å²) in [5.41, 5.74) is 1.16. The number of aliphatic carboxylic acids is 1. The molecule has 2 unspecified atom stereocenters. The largest absolute Gasteiger partial charge is 0.481 e. The number of hydrogen-bond donors (Lipinski definition) is 1. The molecule has 1 aromatic rings. The number of carboxylic acids is 1. The fraction of sp³-hybridized carbons (Fsp3) is 0.533. The van der Waals surface area contributed by atoms with Crippen molar-refractivity contribution in [2.24, 2.45) is 0 Å². The summed E-state index contributed by atoms with van der Waals surface area (Å²) in [6.45, 7) is 3.09. The number of rotatable bonds is 4. The molecule has 0 radical (unpaired) electrons. The molecule has 1 heterocycles. The van der Waals surface area contributed by atoms with Crippen molar-refractivity contribution in [2.45, 2.75) is 44.7 Å². The van der Waals surface area contributed by atoms with E-state index >= 15 is 0 Å². The van der Waals surface area contributed by atoms with E-state index in [2.05, 4.69) is 17.9 Å². The van der Waals surface area contributed by atoms with E-state index in [4.69, 9.17) is 16.7 Å². The minimum atomic E-state index is -0.713. The summed E-state index contributed by atoms with van der Waals surface area (Å²) in [6, 6.07) is 8.19. The van der Waals surface area contributed by atoms with Crippen molar-refractivity contribution >= 4 is 17.6 Å². The van der Waals surface area contributed by atoms with Crippen molar-refractivity contribution in [1.82, 2.24) is 4.90 Å². The highest BCUT2D eigenvalue weighted by Gasteiger charge is 2.28. The third-order valence-electron chi connectivity index (χ3n) is 3.91. The van der Waals surface area contributed by atoms with Crippen LogP contribution in [-0.2, 0) is 4.79 Å². The lowest BCUT2D eigenvalue weighted by Gasteiger charge is -2.39. The lowest BCUT2D eigenvalue weighted by molar-refractivity contribution is -0.139. The maximum Gasteiger partial charge on any atom is 0.304 e. The highest BCUT2D eigenvalue weighted by molar-refractivity contribution is 6.30. The first kappa shape index (κ1) is 14.4. The van der Waals surface area contributed by atoms with Crippen LogP contribution in [0.5, 0.6) is 0 Å². The van der Waals surface area contributed by atoms with E-state index in [1.807, 2.05) is 18.2 Å². The molecule has 1 aliphatic rings. The van der Waals surface area contributed by atoms with Gasteiger partial charge in [-0.25, -0.2) is 0 Å². The average molecular weight is 282 g/mol. The second-order valence-corrected chi connectivity index (χ2v) is 5.65. The van der Waals surface area contributed by atoms with E-state index in [0.717, 1.165) is 36.4 Å². The van der Waals surface area contributed by atoms with Crippen molar-refractivity contribution in [3.8, 4) is 0 Å². The molecule has 1 saturated heterocycles. The smallest absolute Gasteiger partial charge is 0.304 e. The van der Waals surface area contributed by atoms with Gasteiger partial charge in [-0.2, -0.15) is 0 Å². The Balaban J connectivity index is 2.14. The molecular formula is C15H20ClNO2. The molecule has 0 saturated carbocycles. The number of benzene rings is 1. The normalized spacial score (nSPS) is 22.1. The van der Waals surface area contributed by atoms with E-state index < -0.39 is 5.97 Å². The summed E-state index contributed by atoms with van der Waals surface area (Å²) in [6.07, 6.45) is 3.46. The van der Waals surface area contributed by atoms with Gasteiger partial charge in [0.05, 0.1) is 6.42 Å². The molecule has 4 heteroatoms. The zero-order valence-electron chi connectivity index (χ0n) is 11.2. The SMILES string of the molecule is CC(c1cccc(Cl)c1)N1CCCCC1CC(=O)O. The van der Waals surface area contributed by atoms with Gasteiger partial charge in [0.25, 0.3) is 0 Å². The van der Waals surface area contributed by atoms with Crippen LogP contribution in [0, 0.1) is 0 Å². The minimum absolute atomic E-state index is 0.139. The molecule has 2 rings (SSSR count). The molecule has 0 bridgehead atoms. The number of piperidine rings is 1. The van der Waals surface area contributed by atoms with Crippen LogP contribution < -0.4 is 0 Å². The molecule has 1 aromatic carbocycles. The van der Waals surface area contributed by atoms with Crippen molar-refractivity contribution in [2.75, 3.05) is 6.54 Å². The Labute approximate surface area is 119 Å². The van der Waals surface area contributed by atoms with Gasteiger partial charge in [-0.1, -0.05) is 30.2 Å². The summed E-state index contributed by atoms with van der Waals surface area (Å²) < 4.78 is 0. The molecule has 1 aliphatic heterocycles. The number of carbonyl (C=O) groups is 1. The molecular weight excluding hydrogens is 262 g/mol. The van der Waals surface area contributed by atoms with Crippen molar-refractivity contribution in [3.05, 3.63) is 34.9 Å². The third kappa shape index (κ3) is 3.71. The zero-order valence-corrected chi connectivity index (χ0v) is 11.9. The molecule has 19 heavy (non-hydrogen) atoms. The minimum Gasteiger partial charge on any atom is -0.481 e. The van der Waals surface area contributed by atoms with Gasteiger partial charge in [0.1, 0.15) is 0 Å². The Hall–Kier alpha value is -1.06. The lowest BCUT2D eigenvalue weighted by atomic mass is 9.95. The van der Waals surface area contributed by atoms with Gasteiger partial charge in [0.15, 0.2) is 0 Å². The van der Waals surface area contributed by atoms with E-state index in [1.54, 1.807) is 0 Å². The number of carboxylic acid groups (broad SMARTS) is 1. The number of likely N-dealkylation sites (tertiary alicyclic amines) is 1. The molecule has 0 spiro atoms. The molecule has 3 nitrogen and oxygen atoms in total. The fourth-order valence-electron chi connectivity index (χ4n) is 2.91. The van der Waals surface area contributed by atoms with Crippen LogP contribution in [0.1, 0.15) is 44.2 Å². The predicted octanol–water partition coefficient (Wildman–Crippen LogP) is 3.73. The van der Waals surface area contributed by atoms with Crippen LogP contribution in [0.4, 0.5) is 0 Å². The Morgan fingerprint density at radius 1 is 1.53 bits per heavy atom. The highest BCUT2D eigenvalue weighted by Crippen LogP contribution is 2.30. The van der Waals surface area contributed by atoms with Crippen molar-refractivity contribution in [3.63, 3.8) is 0 Å². The van der Waals surface area contributed by atoms with Gasteiger partial charge in [-0.05, 0) is 44.0 Å². The van der Waals surface area contributed by atoms with E-state index in [-0.39, 0.29) is 18.5 Å². The predicted molar refractivity (Wildman–Crippen MR) is 76.5 cm³/mol. The maximum absolute atomic E-state index is 11.0. The summed E-state index contributed by atoms with van der Waals surface area (Å²) in [7, 11) is 0. The van der Waals surface area contributed by atoms with Crippen LogP contribution in [0.25, 0.3) is 0 Å². The average Bonchev–Trinajstić information content (AvgIpc) is 2.38. The van der Waals surface area contributed by atoms with E-state index in [9.17, 15) is 4.79 Å². The third-order valence-corrected chi connectivity index (χ3v) is 4.15. The first-order chi connectivity index (χ1) is 9.08. The summed E-state index contributed by atoms with van der Waals surface area (Å²) in [4.78, 5) is 13.3. The Bertz CT molecular complexity index is 450. The zero-order chi connectivity index (χ0) is 13.8. The van der Waals surface area contributed by atoms with Crippen LogP contribution in [-0.4, -0.2) is 28.6 Å². The van der Waals surface area contributed by atoms with Crippen LogP contribution >= 0.6 is 11.6 Å². The number of nitrogens with zero attached hydrogens (tertiary/aromatic N) is 1. The van der Waals surface area contributed by atoms with Crippen LogP contribution in [0.15, 0.2) is 24.3 Å². The van der Waals surface area contributed by atoms with E-state index in [1.165, 1.54) is 0 Å². The molecule has 0 aliphatic carbocycles. The van der Waals surface area contributed by atoms with Crippen molar-refractivity contribution < 1.29 is 9.90 Å². The Kier molecular flexibility index (Phi) is 4.83. The standard InChI is InChI=1S/C15H20ClNO2/c1-11(12-5-4-6-13(16)9-12)17-8-3-2-7-14(17)10-15(18)19/h4-6,9,11,14H,2-3,7-8,10H2,1H3,(H,18,19). The summed E-state index contributed by atoms with van der Waals surface area (Å²) in [5, 5.41) is 9.76. The maximum atomic E-state index is 11.0. The van der Waals surface area contributed by atoms with Crippen LogP contribution in [0.3, 0.4) is 0 Å². The number of halogens is 1. The molecule has 104 valence electrons. The highest BCUT2D eigenvalue weighted by atomic mass is 35.5. The number of hydrogen-bond acceptors (Lipinski definition) is 2. The fourth-order valence-corrected chi connectivity index (χ4v) is 3.11. The van der Waals surface area contributed by atoms with Crippen LogP contribution in [0.2, 0.25) is 5.02 Å². The van der Waals surface area contributed by atoms with Gasteiger partial charge in [0.2, 0.25) is 0 Å². The second kappa shape index (κ2) is 6.40. The second-order valence-electron chi connectivity index (χ2n) is 5.22. The summed E-state index contributed by atoms with van der Waals surface area (Å²) >= 11 is 6.04. The first-order valence-corrected chi connectivity index (χ1v) is 7.18.